The molecule has 1 unspecified atom stereocenters. The lowest BCUT2D eigenvalue weighted by Gasteiger charge is -2.23. The van der Waals surface area contributed by atoms with Gasteiger partial charge in [0.05, 0.1) is 19.3 Å². The first-order valence-electron chi connectivity index (χ1n) is 11.9. The Labute approximate surface area is 191 Å². The monoisotopic (exact) mass is 455 g/mol. The highest BCUT2D eigenvalue weighted by Crippen LogP contribution is 2.14. The van der Waals surface area contributed by atoms with Crippen molar-refractivity contribution in [2.45, 2.75) is 103 Å². The maximum absolute atomic E-state index is 10.1. The lowest BCUT2D eigenvalue weighted by molar-refractivity contribution is 0.0995. The molecule has 6 heteroatoms. The summed E-state index contributed by atoms with van der Waals surface area (Å²) in [4.78, 5) is 1.91. The molecule has 0 heterocycles. The van der Waals surface area contributed by atoms with Crippen LogP contribution in [0.2, 0.25) is 0 Å². The highest BCUT2D eigenvalue weighted by molar-refractivity contribution is 7.99. The van der Waals surface area contributed by atoms with Crippen molar-refractivity contribution >= 4 is 24.2 Å². The van der Waals surface area contributed by atoms with Gasteiger partial charge in [0, 0.05) is 25.4 Å². The molecule has 0 aliphatic carbocycles. The number of nitrogens with zero attached hydrogens (tertiary/aromatic N) is 1. The largest absolute Gasteiger partial charge is 0.395 e. The molecule has 0 aromatic heterocycles. The number of hydrogen-bond acceptors (Lipinski definition) is 5. The summed E-state index contributed by atoms with van der Waals surface area (Å²) in [6.07, 6.45) is 19.0. The number of hydrogen-bond donors (Lipinski definition) is 3. The van der Waals surface area contributed by atoms with Gasteiger partial charge in [0.15, 0.2) is 0 Å². The van der Waals surface area contributed by atoms with E-state index in [1.165, 1.54) is 89.9 Å². The highest BCUT2D eigenvalue weighted by Gasteiger charge is 2.10. The first-order valence-corrected chi connectivity index (χ1v) is 13.1. The summed E-state index contributed by atoms with van der Waals surface area (Å²) >= 11 is 1.82. The summed E-state index contributed by atoms with van der Waals surface area (Å²) in [5, 5.41) is 28.0. The molecule has 0 aliphatic heterocycles. The van der Waals surface area contributed by atoms with Crippen molar-refractivity contribution in [3.63, 3.8) is 0 Å². The standard InChI is InChI=1S/C23H49NO3S.ClH/c1-2-3-4-5-6-7-8-9-10-11-12-13-14-15-20-28-22-23(27)21-24(16-18-25)17-19-26;/h23,25-27H,2-22H2,1H3;1H. The summed E-state index contributed by atoms with van der Waals surface area (Å²) < 4.78 is 0. The van der Waals surface area contributed by atoms with Gasteiger partial charge >= 0.3 is 0 Å². The maximum Gasteiger partial charge on any atom is 0.0757 e. The van der Waals surface area contributed by atoms with Gasteiger partial charge in [-0.05, 0) is 12.2 Å². The van der Waals surface area contributed by atoms with Crippen LogP contribution in [-0.2, 0) is 0 Å². The van der Waals surface area contributed by atoms with Crippen LogP contribution in [0.3, 0.4) is 0 Å². The second-order valence-corrected chi connectivity index (χ2v) is 9.22. The Kier molecular flexibility index (Phi) is 29.0. The second-order valence-electron chi connectivity index (χ2n) is 8.07. The first kappa shape index (κ1) is 31.7. The third-order valence-corrected chi connectivity index (χ3v) is 6.45. The minimum absolute atomic E-state index is 0. The summed E-state index contributed by atoms with van der Waals surface area (Å²) in [5.41, 5.74) is 0. The van der Waals surface area contributed by atoms with Crippen molar-refractivity contribution in [3.8, 4) is 0 Å². The van der Waals surface area contributed by atoms with E-state index in [4.69, 9.17) is 10.2 Å². The van der Waals surface area contributed by atoms with E-state index in [0.29, 0.717) is 19.6 Å². The zero-order valence-electron chi connectivity index (χ0n) is 19.0. The van der Waals surface area contributed by atoms with Crippen molar-refractivity contribution in [1.82, 2.24) is 4.90 Å². The molecule has 0 aliphatic rings. The van der Waals surface area contributed by atoms with Gasteiger partial charge in [-0.3, -0.25) is 4.90 Å². The normalized spacial score (nSPS) is 12.3. The molecule has 29 heavy (non-hydrogen) atoms. The van der Waals surface area contributed by atoms with E-state index < -0.39 is 0 Å². The van der Waals surface area contributed by atoms with Gasteiger partial charge in [-0.15, -0.1) is 12.4 Å². The van der Waals surface area contributed by atoms with Gasteiger partial charge in [-0.2, -0.15) is 11.8 Å². The molecule has 0 aromatic carbocycles. The molecule has 1 atom stereocenters. The summed E-state index contributed by atoms with van der Waals surface area (Å²) in [5.74, 6) is 1.86. The highest BCUT2D eigenvalue weighted by atomic mass is 35.5. The molecule has 0 bridgehead atoms. The number of aliphatic hydroxyl groups excluding tert-OH is 3. The molecule has 4 nitrogen and oxygen atoms in total. The molecule has 3 N–H and O–H groups in total. The Morgan fingerprint density at radius 2 is 1.10 bits per heavy atom. The van der Waals surface area contributed by atoms with Crippen LogP contribution in [0.1, 0.15) is 96.8 Å². The van der Waals surface area contributed by atoms with E-state index in [1.54, 1.807) is 0 Å². The number of halogens is 1. The predicted octanol–water partition coefficient (Wildman–Crippen LogP) is 5.27. The van der Waals surface area contributed by atoms with Crippen molar-refractivity contribution in [1.29, 1.82) is 0 Å². The van der Waals surface area contributed by atoms with Crippen molar-refractivity contribution in [2.75, 3.05) is 44.4 Å². The van der Waals surface area contributed by atoms with Crippen LogP contribution in [0.5, 0.6) is 0 Å². The average Bonchev–Trinajstić information content (AvgIpc) is 2.68. The third kappa shape index (κ3) is 24.6. The van der Waals surface area contributed by atoms with Crippen LogP contribution in [0.15, 0.2) is 0 Å². The summed E-state index contributed by atoms with van der Waals surface area (Å²) in [6.45, 7) is 3.98. The smallest absolute Gasteiger partial charge is 0.0757 e. The van der Waals surface area contributed by atoms with E-state index in [0.717, 1.165) is 11.5 Å². The van der Waals surface area contributed by atoms with Gasteiger partial charge in [0.25, 0.3) is 0 Å². The average molecular weight is 456 g/mol. The van der Waals surface area contributed by atoms with Crippen LogP contribution < -0.4 is 0 Å². The van der Waals surface area contributed by atoms with Gasteiger partial charge in [-0.25, -0.2) is 0 Å². The fourth-order valence-electron chi connectivity index (χ4n) is 3.55. The number of thioether (sulfide) groups is 1. The molecule has 0 fully saturated rings. The topological polar surface area (TPSA) is 63.9 Å². The Morgan fingerprint density at radius 1 is 0.690 bits per heavy atom. The molecule has 0 saturated carbocycles. The second kappa shape index (κ2) is 26.5. The lowest BCUT2D eigenvalue weighted by atomic mass is 10.0. The fraction of sp³-hybridized carbons (Fsp3) is 1.00. The van der Waals surface area contributed by atoms with Gasteiger partial charge < -0.3 is 15.3 Å². The van der Waals surface area contributed by atoms with E-state index in [1.807, 2.05) is 16.7 Å². The predicted molar refractivity (Wildman–Crippen MR) is 132 cm³/mol. The summed E-state index contributed by atoms with van der Waals surface area (Å²) in [7, 11) is 0. The molecule has 0 aromatic rings. The Hall–Kier alpha value is 0.480. The van der Waals surface area contributed by atoms with Crippen LogP contribution in [-0.4, -0.2) is 70.7 Å². The van der Waals surface area contributed by atoms with E-state index in [2.05, 4.69) is 6.92 Å². The van der Waals surface area contributed by atoms with Crippen LogP contribution in [0.25, 0.3) is 0 Å². The Balaban J connectivity index is 0. The van der Waals surface area contributed by atoms with E-state index in [9.17, 15) is 5.11 Å². The maximum atomic E-state index is 10.1. The quantitative estimate of drug-likeness (QED) is 0.183. The molecule has 178 valence electrons. The van der Waals surface area contributed by atoms with Crippen LogP contribution in [0.4, 0.5) is 0 Å². The SMILES string of the molecule is CCCCCCCCCCCCCCCCSCC(O)CN(CCO)CCO.Cl. The van der Waals surface area contributed by atoms with Crippen molar-refractivity contribution in [3.05, 3.63) is 0 Å². The summed E-state index contributed by atoms with van der Waals surface area (Å²) in [6, 6.07) is 0. The molecule has 0 spiro atoms. The fourth-order valence-corrected chi connectivity index (χ4v) is 4.50. The molecule has 0 saturated heterocycles. The number of unbranched alkanes of at least 4 members (excludes halogenated alkanes) is 13. The minimum atomic E-state index is -0.380. The number of rotatable bonds is 23. The first-order chi connectivity index (χ1) is 13.7. The van der Waals surface area contributed by atoms with Crippen LogP contribution in [0, 0.1) is 0 Å². The molecule has 0 radical (unpaired) electrons. The molecule has 0 amide bonds. The third-order valence-electron chi connectivity index (χ3n) is 5.25. The number of aliphatic hydroxyl groups is 3. The lowest BCUT2D eigenvalue weighted by Crippen LogP contribution is -2.37. The van der Waals surface area contributed by atoms with Gasteiger partial charge in [0.1, 0.15) is 0 Å². The van der Waals surface area contributed by atoms with Gasteiger partial charge in [0.2, 0.25) is 0 Å². The molecule has 0 rings (SSSR count). The van der Waals surface area contributed by atoms with Gasteiger partial charge in [-0.1, -0.05) is 90.4 Å². The minimum Gasteiger partial charge on any atom is -0.395 e. The zero-order chi connectivity index (χ0) is 20.7. The van der Waals surface area contributed by atoms with Crippen LogP contribution >= 0.6 is 24.2 Å². The molecular weight excluding hydrogens is 406 g/mol. The Morgan fingerprint density at radius 3 is 1.52 bits per heavy atom. The van der Waals surface area contributed by atoms with E-state index in [-0.39, 0.29) is 31.7 Å². The van der Waals surface area contributed by atoms with Crippen molar-refractivity contribution < 1.29 is 15.3 Å². The molecular formula is C23H50ClNO3S. The van der Waals surface area contributed by atoms with Crippen molar-refractivity contribution in [2.24, 2.45) is 0 Å². The zero-order valence-corrected chi connectivity index (χ0v) is 20.7. The Bertz CT molecular complexity index is 295. The van der Waals surface area contributed by atoms with E-state index >= 15 is 0 Å².